The Morgan fingerprint density at radius 3 is 2.65 bits per heavy atom. The van der Waals surface area contributed by atoms with Crippen LogP contribution in [-0.4, -0.2) is 26.5 Å². The van der Waals surface area contributed by atoms with Gasteiger partial charge in [-0.05, 0) is 24.3 Å². The van der Waals surface area contributed by atoms with Gasteiger partial charge in [-0.1, -0.05) is 41.6 Å². The van der Waals surface area contributed by atoms with E-state index in [9.17, 15) is 9.18 Å². The summed E-state index contributed by atoms with van der Waals surface area (Å²) < 4.78 is 13.6. The molecule has 23 heavy (non-hydrogen) atoms. The van der Waals surface area contributed by atoms with E-state index in [0.717, 1.165) is 11.3 Å². The third kappa shape index (κ3) is 4.24. The molecule has 0 heterocycles. The van der Waals surface area contributed by atoms with Gasteiger partial charge in [-0.3, -0.25) is 4.79 Å². The van der Waals surface area contributed by atoms with Crippen LogP contribution in [0.1, 0.15) is 15.9 Å². The number of hydrogen-bond acceptors (Lipinski definition) is 2. The highest BCUT2D eigenvalue weighted by atomic mass is 35.5. The molecule has 0 aromatic heterocycles. The first-order valence-corrected chi connectivity index (χ1v) is 7.36. The molecular formula is C18H16ClFN2O. The molecule has 1 N–H and O–H groups in total. The van der Waals surface area contributed by atoms with E-state index in [1.165, 1.54) is 18.2 Å². The number of carbonyl (C=O) groups excluding carboxylic acids is 1. The minimum Gasteiger partial charge on any atom is -0.377 e. The molecule has 2 aromatic carbocycles. The third-order valence-electron chi connectivity index (χ3n) is 3.14. The molecule has 0 radical (unpaired) electrons. The fourth-order valence-corrected chi connectivity index (χ4v) is 2.29. The second kappa shape index (κ2) is 7.66. The Kier molecular flexibility index (Phi) is 5.61. The lowest BCUT2D eigenvalue weighted by atomic mass is 10.1. The van der Waals surface area contributed by atoms with Crippen molar-refractivity contribution in [3.63, 3.8) is 0 Å². The maximum absolute atomic E-state index is 13.6. The summed E-state index contributed by atoms with van der Waals surface area (Å²) in [4.78, 5) is 13.9. The van der Waals surface area contributed by atoms with Crippen LogP contribution < -0.4 is 10.2 Å². The fourth-order valence-electron chi connectivity index (χ4n) is 2.04. The molecule has 0 fully saturated rings. The van der Waals surface area contributed by atoms with E-state index in [2.05, 4.69) is 17.2 Å². The van der Waals surface area contributed by atoms with Gasteiger partial charge in [0.15, 0.2) is 0 Å². The van der Waals surface area contributed by atoms with Gasteiger partial charge in [-0.25, -0.2) is 4.39 Å². The average molecular weight is 331 g/mol. The zero-order valence-corrected chi connectivity index (χ0v) is 13.6. The second-order valence-corrected chi connectivity index (χ2v) is 5.40. The molecule has 2 rings (SSSR count). The van der Waals surface area contributed by atoms with Gasteiger partial charge in [-0.15, -0.1) is 0 Å². The van der Waals surface area contributed by atoms with Crippen molar-refractivity contribution in [2.24, 2.45) is 0 Å². The number of nitrogens with zero attached hydrogens (tertiary/aromatic N) is 1. The number of hydrogen-bond donors (Lipinski definition) is 1. The van der Waals surface area contributed by atoms with Gasteiger partial charge in [0.2, 0.25) is 0 Å². The lowest BCUT2D eigenvalue weighted by molar-refractivity contribution is 0.0955. The molecule has 0 bridgehead atoms. The highest BCUT2D eigenvalue weighted by Gasteiger charge is 2.14. The van der Waals surface area contributed by atoms with E-state index in [-0.39, 0.29) is 17.1 Å². The monoisotopic (exact) mass is 330 g/mol. The Bertz CT molecular complexity index is 758. The van der Waals surface area contributed by atoms with Crippen molar-refractivity contribution in [2.45, 2.75) is 0 Å². The molecule has 118 valence electrons. The van der Waals surface area contributed by atoms with Gasteiger partial charge in [0, 0.05) is 19.7 Å². The minimum absolute atomic E-state index is 0.0772. The van der Waals surface area contributed by atoms with E-state index in [0.29, 0.717) is 0 Å². The number of anilines is 1. The van der Waals surface area contributed by atoms with Crippen molar-refractivity contribution in [1.29, 1.82) is 0 Å². The SMILES string of the molecule is CN(C)c1ccccc1C#CCNC(=O)c1c(F)cccc1Cl. The number of para-hydroxylation sites is 1. The van der Waals surface area contributed by atoms with Crippen LogP contribution in [0.25, 0.3) is 0 Å². The third-order valence-corrected chi connectivity index (χ3v) is 3.45. The highest BCUT2D eigenvalue weighted by molar-refractivity contribution is 6.33. The number of amides is 1. The number of nitrogens with one attached hydrogen (secondary N) is 1. The molecule has 0 atom stereocenters. The minimum atomic E-state index is -0.652. The lowest BCUT2D eigenvalue weighted by Gasteiger charge is -2.13. The Morgan fingerprint density at radius 2 is 1.96 bits per heavy atom. The summed E-state index contributed by atoms with van der Waals surface area (Å²) in [6.45, 7) is 0.102. The van der Waals surface area contributed by atoms with Crippen molar-refractivity contribution >= 4 is 23.2 Å². The van der Waals surface area contributed by atoms with Crippen LogP contribution in [0.15, 0.2) is 42.5 Å². The Labute approximate surface area is 140 Å². The zero-order valence-electron chi connectivity index (χ0n) is 12.9. The molecule has 5 heteroatoms. The van der Waals surface area contributed by atoms with Gasteiger partial charge in [0.25, 0.3) is 5.91 Å². The predicted octanol–water partition coefficient (Wildman–Crippen LogP) is 3.33. The van der Waals surface area contributed by atoms with Gasteiger partial charge in [0.1, 0.15) is 5.82 Å². The van der Waals surface area contributed by atoms with Crippen LogP contribution >= 0.6 is 11.6 Å². The van der Waals surface area contributed by atoms with Crippen molar-refractivity contribution in [3.8, 4) is 11.8 Å². The number of carbonyl (C=O) groups is 1. The molecule has 3 nitrogen and oxygen atoms in total. The quantitative estimate of drug-likeness (QED) is 0.876. The Morgan fingerprint density at radius 1 is 1.22 bits per heavy atom. The normalized spacial score (nSPS) is 9.74. The van der Waals surface area contributed by atoms with E-state index < -0.39 is 11.7 Å². The summed E-state index contributed by atoms with van der Waals surface area (Å²) >= 11 is 5.85. The molecule has 2 aromatic rings. The fraction of sp³-hybridized carbons (Fsp3) is 0.167. The number of benzene rings is 2. The van der Waals surface area contributed by atoms with Crippen LogP contribution in [0.4, 0.5) is 10.1 Å². The van der Waals surface area contributed by atoms with Gasteiger partial charge in [0.05, 0.1) is 22.8 Å². The van der Waals surface area contributed by atoms with Crippen LogP contribution in [0, 0.1) is 17.7 Å². The molecule has 0 aliphatic heterocycles. The van der Waals surface area contributed by atoms with Crippen molar-refractivity contribution in [2.75, 3.05) is 25.5 Å². The maximum atomic E-state index is 13.6. The molecule has 0 saturated heterocycles. The van der Waals surface area contributed by atoms with E-state index in [4.69, 9.17) is 11.6 Å². The predicted molar refractivity (Wildman–Crippen MR) is 91.4 cm³/mol. The Balaban J connectivity index is 2.06. The lowest BCUT2D eigenvalue weighted by Crippen LogP contribution is -2.25. The first-order chi connectivity index (χ1) is 11.0. The summed E-state index contributed by atoms with van der Waals surface area (Å²) in [6, 6.07) is 11.8. The standard InChI is InChI=1S/C18H16ClFN2O/c1-22(2)16-11-4-3-7-13(16)8-6-12-21-18(23)17-14(19)9-5-10-15(17)20/h3-5,7,9-11H,12H2,1-2H3,(H,21,23). The van der Waals surface area contributed by atoms with Gasteiger partial charge in [-0.2, -0.15) is 0 Å². The number of halogens is 2. The van der Waals surface area contributed by atoms with E-state index >= 15 is 0 Å². The first-order valence-electron chi connectivity index (χ1n) is 6.98. The molecule has 0 spiro atoms. The Hall–Kier alpha value is -2.51. The maximum Gasteiger partial charge on any atom is 0.256 e. The molecule has 0 aliphatic rings. The van der Waals surface area contributed by atoms with Gasteiger partial charge < -0.3 is 10.2 Å². The summed E-state index contributed by atoms with van der Waals surface area (Å²) in [6.07, 6.45) is 0. The molecule has 0 unspecified atom stereocenters. The zero-order chi connectivity index (χ0) is 16.8. The average Bonchev–Trinajstić information content (AvgIpc) is 2.51. The molecule has 0 saturated carbocycles. The smallest absolute Gasteiger partial charge is 0.256 e. The van der Waals surface area contributed by atoms with Crippen LogP contribution in [0.5, 0.6) is 0 Å². The van der Waals surface area contributed by atoms with Crippen molar-refractivity contribution in [3.05, 3.63) is 64.4 Å². The molecule has 0 aliphatic carbocycles. The molecular weight excluding hydrogens is 315 g/mol. The topological polar surface area (TPSA) is 32.3 Å². The first kappa shape index (κ1) is 16.9. The van der Waals surface area contributed by atoms with Crippen molar-refractivity contribution < 1.29 is 9.18 Å². The van der Waals surface area contributed by atoms with Crippen LogP contribution in [0.3, 0.4) is 0 Å². The summed E-state index contributed by atoms with van der Waals surface area (Å²) in [7, 11) is 3.87. The highest BCUT2D eigenvalue weighted by Crippen LogP contribution is 2.18. The van der Waals surface area contributed by atoms with Crippen molar-refractivity contribution in [1.82, 2.24) is 5.32 Å². The van der Waals surface area contributed by atoms with E-state index in [1.807, 2.05) is 43.3 Å². The van der Waals surface area contributed by atoms with E-state index in [1.54, 1.807) is 0 Å². The summed E-state index contributed by atoms with van der Waals surface area (Å²) in [5.41, 5.74) is 1.68. The summed E-state index contributed by atoms with van der Waals surface area (Å²) in [5.74, 6) is 4.63. The number of rotatable bonds is 3. The van der Waals surface area contributed by atoms with Gasteiger partial charge >= 0.3 is 0 Å². The second-order valence-electron chi connectivity index (χ2n) is 4.99. The molecule has 1 amide bonds. The van der Waals surface area contributed by atoms with Crippen LogP contribution in [-0.2, 0) is 0 Å². The largest absolute Gasteiger partial charge is 0.377 e. The summed E-state index contributed by atoms with van der Waals surface area (Å²) in [5, 5.41) is 2.63. The van der Waals surface area contributed by atoms with Crippen LogP contribution in [0.2, 0.25) is 5.02 Å².